The smallest absolute Gasteiger partial charge is 0.264 e. The van der Waals surface area contributed by atoms with Crippen molar-refractivity contribution in [1.82, 2.24) is 19.4 Å². The molecule has 16 heteroatoms. The van der Waals surface area contributed by atoms with E-state index < -0.39 is 32.8 Å². The number of thioether (sulfide) groups is 1. The van der Waals surface area contributed by atoms with Crippen LogP contribution in [0.1, 0.15) is 41.6 Å². The van der Waals surface area contributed by atoms with E-state index in [4.69, 9.17) is 11.6 Å². The van der Waals surface area contributed by atoms with Gasteiger partial charge in [-0.3, -0.25) is 14.6 Å². The number of nitrogens with zero attached hydrogens (tertiary/aromatic N) is 4. The summed E-state index contributed by atoms with van der Waals surface area (Å²) in [6.45, 7) is 7.75. The maximum Gasteiger partial charge on any atom is 0.264 e. The largest absolute Gasteiger partial charge is 0.380 e. The molecule has 3 fully saturated rings. The van der Waals surface area contributed by atoms with E-state index >= 15 is 4.39 Å². The molecule has 3 aliphatic heterocycles. The molecule has 3 aliphatic rings. The highest BCUT2D eigenvalue weighted by molar-refractivity contribution is 7.99. The molecule has 0 bridgehead atoms. The second kappa shape index (κ2) is 21.9. The van der Waals surface area contributed by atoms with Crippen LogP contribution in [0.2, 0.25) is 5.02 Å². The Morgan fingerprint density at radius 1 is 0.815 bits per heavy atom. The molecule has 5 aromatic carbocycles. The fraction of sp³-hybridized carbons (Fsp3) is 0.367. The Bertz CT molecular complexity index is 2570. The molecule has 2 N–H and O–H groups in total. The number of nitrogens with one attached hydrogen (secondary N) is 2. The fourth-order valence-corrected chi connectivity index (χ4v) is 11.9. The number of halogens is 2. The van der Waals surface area contributed by atoms with Crippen molar-refractivity contribution in [3.63, 3.8) is 0 Å². The number of benzene rings is 5. The molecule has 344 valence electrons. The lowest BCUT2D eigenvalue weighted by Gasteiger charge is -2.39. The summed E-state index contributed by atoms with van der Waals surface area (Å²) in [6.07, 6.45) is 2.71. The molecule has 3 heterocycles. The highest BCUT2D eigenvalue weighted by Gasteiger charge is 2.34. The zero-order chi connectivity index (χ0) is 45.3. The van der Waals surface area contributed by atoms with Crippen molar-refractivity contribution in [3.8, 4) is 11.1 Å². The molecule has 0 spiro atoms. The number of hydrogen-bond acceptors (Lipinski definition) is 11. The van der Waals surface area contributed by atoms with Gasteiger partial charge in [-0.1, -0.05) is 66.2 Å². The van der Waals surface area contributed by atoms with E-state index in [1.165, 1.54) is 23.3 Å². The van der Waals surface area contributed by atoms with Crippen LogP contribution in [-0.2, 0) is 27.3 Å². The Morgan fingerprint density at radius 2 is 1.52 bits per heavy atom. The quantitative estimate of drug-likeness (QED) is 0.0624. The topological polar surface area (TPSA) is 122 Å². The summed E-state index contributed by atoms with van der Waals surface area (Å²) in [5.41, 5.74) is 4.89. The Kier molecular flexibility index (Phi) is 15.8. The number of amides is 1. The first-order valence-corrected chi connectivity index (χ1v) is 26.3. The van der Waals surface area contributed by atoms with Crippen molar-refractivity contribution in [2.24, 2.45) is 0 Å². The summed E-state index contributed by atoms with van der Waals surface area (Å²) in [7, 11) is -7.67. The van der Waals surface area contributed by atoms with Gasteiger partial charge in [0, 0.05) is 84.8 Å². The molecule has 0 radical (unpaired) electrons. The number of hydrogen-bond donors (Lipinski definition) is 3. The monoisotopic (exact) mass is 958 g/mol. The Labute approximate surface area is 393 Å². The van der Waals surface area contributed by atoms with Gasteiger partial charge in [0.05, 0.1) is 15.5 Å². The molecule has 3 saturated heterocycles. The van der Waals surface area contributed by atoms with Crippen molar-refractivity contribution >= 4 is 61.4 Å². The predicted octanol–water partition coefficient (Wildman–Crippen LogP) is 7.89. The lowest BCUT2D eigenvalue weighted by molar-refractivity contribution is 0.0449. The Morgan fingerprint density at radius 3 is 2.23 bits per heavy atom. The number of sulfonamides is 1. The van der Waals surface area contributed by atoms with E-state index in [1.54, 1.807) is 23.9 Å². The fourth-order valence-electron chi connectivity index (χ4n) is 9.10. The van der Waals surface area contributed by atoms with Crippen LogP contribution in [0.15, 0.2) is 136 Å². The molecule has 0 saturated carbocycles. The third-order valence-electron chi connectivity index (χ3n) is 12.7. The van der Waals surface area contributed by atoms with Gasteiger partial charge >= 0.3 is 0 Å². The number of likely N-dealkylation sites (tertiary alicyclic amines) is 2. The molecule has 11 nitrogen and oxygen atoms in total. The van der Waals surface area contributed by atoms with Crippen LogP contribution in [0.5, 0.6) is 0 Å². The normalized spacial score (nSPS) is 19.3. The van der Waals surface area contributed by atoms with E-state index in [0.717, 1.165) is 93.8 Å². The SMILES string of the molecule is O=C(NS(=O)(=O)c1ccc(N[C@H](CCN2CCC(N3CCCC3)C(F)C2)CSc2ccccc2)c([SH](=O)=O)c1)c1ccc(N2CCN(Cc3ccccc3-c3ccc(Cl)cc3)CC2)cc1. The Balaban J connectivity index is 0.874. The number of piperidine rings is 1. The summed E-state index contributed by atoms with van der Waals surface area (Å²) in [5, 5.41) is 4.08. The Hall–Kier alpha value is -4.48. The standard InChI is InChI=1S/C49H56ClFN6O5S3/c50-39-16-12-36(13-17-39)44-11-5-4-8-38(44)33-55-28-30-56(31-29-55)41-18-14-37(15-19-41)49(58)53-65(61,62)43-20-21-46(48(32-43)64(59)60)52-40(35-63-42-9-2-1-3-10-42)22-26-54-27-23-47(45(51)34-54)57-24-6-7-25-57/h1-5,8-21,32,40,45,47,52,64H,6-7,22-31,33-35H2,(H,53,58)/t40-,45?,47?/m1/s1. The predicted molar refractivity (Wildman–Crippen MR) is 260 cm³/mol. The molecular formula is C49H56ClFN6O5S3. The zero-order valence-corrected chi connectivity index (χ0v) is 39.5. The summed E-state index contributed by atoms with van der Waals surface area (Å²) >= 11 is 7.76. The average molecular weight is 960 g/mol. The van der Waals surface area contributed by atoms with Crippen molar-refractivity contribution in [3.05, 3.63) is 137 Å². The van der Waals surface area contributed by atoms with Crippen LogP contribution >= 0.6 is 23.4 Å². The molecule has 3 atom stereocenters. The van der Waals surface area contributed by atoms with Crippen molar-refractivity contribution in [2.45, 2.75) is 65.2 Å². The summed E-state index contributed by atoms with van der Waals surface area (Å²) in [6, 6.07) is 36.5. The van der Waals surface area contributed by atoms with Gasteiger partial charge in [-0.25, -0.2) is 25.9 Å². The molecule has 2 unspecified atom stereocenters. The first-order valence-electron chi connectivity index (χ1n) is 22.3. The average Bonchev–Trinajstić information content (AvgIpc) is 3.86. The minimum Gasteiger partial charge on any atom is -0.380 e. The van der Waals surface area contributed by atoms with Crippen LogP contribution in [0.25, 0.3) is 11.1 Å². The number of alkyl halides is 1. The maximum atomic E-state index is 15.4. The van der Waals surface area contributed by atoms with Crippen molar-refractivity contribution < 1.29 is 26.0 Å². The molecule has 5 aromatic rings. The minimum absolute atomic E-state index is 0.0344. The number of rotatable bonds is 17. The summed E-state index contributed by atoms with van der Waals surface area (Å²) in [4.78, 5) is 22.9. The number of anilines is 2. The highest BCUT2D eigenvalue weighted by atomic mass is 35.5. The van der Waals surface area contributed by atoms with Gasteiger partial charge in [-0.15, -0.1) is 11.8 Å². The van der Waals surface area contributed by atoms with Crippen LogP contribution in [0, 0.1) is 0 Å². The third-order valence-corrected chi connectivity index (χ3v) is 16.2. The zero-order valence-electron chi connectivity index (χ0n) is 36.2. The number of carbonyl (C=O) groups is 1. The van der Waals surface area contributed by atoms with E-state index in [2.05, 4.69) is 47.8 Å². The summed E-state index contributed by atoms with van der Waals surface area (Å²) in [5.74, 6) is -0.233. The second-order valence-electron chi connectivity index (χ2n) is 17.0. The lowest BCUT2D eigenvalue weighted by atomic mass is 9.99. The van der Waals surface area contributed by atoms with Crippen molar-refractivity contribution in [1.29, 1.82) is 0 Å². The lowest BCUT2D eigenvalue weighted by Crippen LogP contribution is -2.52. The van der Waals surface area contributed by atoms with E-state index in [0.29, 0.717) is 30.3 Å². The van der Waals surface area contributed by atoms with Gasteiger partial charge in [-0.2, -0.15) is 0 Å². The molecule has 1 amide bonds. The van der Waals surface area contributed by atoms with E-state index in [1.807, 2.05) is 72.8 Å². The minimum atomic E-state index is -4.45. The highest BCUT2D eigenvalue weighted by Crippen LogP contribution is 2.30. The van der Waals surface area contributed by atoms with Crippen LogP contribution in [0.3, 0.4) is 0 Å². The number of thiol groups is 1. The number of piperazine rings is 1. The first-order chi connectivity index (χ1) is 31.5. The molecular weight excluding hydrogens is 903 g/mol. The van der Waals surface area contributed by atoms with Crippen LogP contribution < -0.4 is 14.9 Å². The van der Waals surface area contributed by atoms with Gasteiger partial charge in [0.1, 0.15) is 6.17 Å². The third kappa shape index (κ3) is 12.3. The van der Waals surface area contributed by atoms with Crippen LogP contribution in [-0.4, -0.2) is 120 Å². The van der Waals surface area contributed by atoms with Gasteiger partial charge in [0.15, 0.2) is 10.7 Å². The van der Waals surface area contributed by atoms with Gasteiger partial charge < -0.3 is 15.1 Å². The first kappa shape index (κ1) is 47.0. The van der Waals surface area contributed by atoms with Gasteiger partial charge in [-0.05, 0) is 129 Å². The second-order valence-corrected chi connectivity index (χ2v) is 21.2. The maximum absolute atomic E-state index is 15.4. The molecule has 0 aromatic heterocycles. The van der Waals surface area contributed by atoms with Crippen LogP contribution in [0.4, 0.5) is 15.8 Å². The summed E-state index contributed by atoms with van der Waals surface area (Å²) < 4.78 is 70.0. The molecule has 65 heavy (non-hydrogen) atoms. The molecule has 8 rings (SSSR count). The van der Waals surface area contributed by atoms with Gasteiger partial charge in [0.2, 0.25) is 0 Å². The molecule has 0 aliphatic carbocycles. The van der Waals surface area contributed by atoms with Crippen molar-refractivity contribution in [2.75, 3.05) is 74.9 Å². The number of carbonyl (C=O) groups excluding carboxylic acids is 1. The van der Waals surface area contributed by atoms with E-state index in [9.17, 15) is 21.6 Å². The van der Waals surface area contributed by atoms with Gasteiger partial charge in [0.25, 0.3) is 15.9 Å². The van der Waals surface area contributed by atoms with E-state index in [-0.39, 0.29) is 33.1 Å².